The van der Waals surface area contributed by atoms with Gasteiger partial charge in [0.15, 0.2) is 0 Å². The van der Waals surface area contributed by atoms with E-state index in [4.69, 9.17) is 9.47 Å². The van der Waals surface area contributed by atoms with Crippen molar-refractivity contribution >= 4 is 5.97 Å². The van der Waals surface area contributed by atoms with Gasteiger partial charge in [0.2, 0.25) is 5.79 Å². The highest BCUT2D eigenvalue weighted by Crippen LogP contribution is 2.86. The van der Waals surface area contributed by atoms with Crippen LogP contribution >= 0.6 is 0 Å². The second kappa shape index (κ2) is 2.28. The maximum absolute atomic E-state index is 12.0. The molecule has 2 bridgehead atoms. The Balaban J connectivity index is 2.28. The Hall–Kier alpha value is -0.610. The molecule has 5 atom stereocenters. The van der Waals surface area contributed by atoms with Crippen LogP contribution in [-0.4, -0.2) is 22.7 Å². The second-order valence-electron chi connectivity index (χ2n) is 6.83. The van der Waals surface area contributed by atoms with E-state index in [0.717, 1.165) is 0 Å². The van der Waals surface area contributed by atoms with E-state index in [1.54, 1.807) is 6.92 Å². The third-order valence-corrected chi connectivity index (χ3v) is 6.72. The third-order valence-electron chi connectivity index (χ3n) is 6.72. The largest absolute Gasteiger partial charge is 0.429 e. The number of carbonyl (C=O) groups is 1. The lowest BCUT2D eigenvalue weighted by atomic mass is 9.64. The number of esters is 1. The predicted molar refractivity (Wildman–Crippen MR) is 59.7 cm³/mol. The Morgan fingerprint density at radius 3 is 2.18 bits per heavy atom. The summed E-state index contributed by atoms with van der Waals surface area (Å²) in [6, 6.07) is 0. The number of fused-ring (bicyclic) bond motifs is 4. The molecule has 1 aliphatic carbocycles. The smallest absolute Gasteiger partial charge is 0.369 e. The van der Waals surface area contributed by atoms with Crippen LogP contribution in [0.4, 0.5) is 0 Å². The summed E-state index contributed by atoms with van der Waals surface area (Å²) in [5.41, 5.74) is -1.09. The molecule has 0 amide bonds. The molecule has 2 saturated heterocycles. The first-order chi connectivity index (χ1) is 7.49. The summed E-state index contributed by atoms with van der Waals surface area (Å²) < 4.78 is 11.1. The molecule has 3 rings (SSSR count). The van der Waals surface area contributed by atoms with Gasteiger partial charge in [-0.3, -0.25) is 4.74 Å². The molecular weight excluding hydrogens is 220 g/mol. The minimum Gasteiger partial charge on any atom is -0.429 e. The zero-order chi connectivity index (χ0) is 13.1. The Kier molecular flexibility index (Phi) is 1.54. The highest BCUT2D eigenvalue weighted by Gasteiger charge is 2.92. The maximum Gasteiger partial charge on any atom is 0.369 e. The first kappa shape index (κ1) is 11.5. The number of ether oxygens (including phenoxy) is 2. The summed E-state index contributed by atoms with van der Waals surface area (Å²) >= 11 is 0. The molecule has 0 aromatic heterocycles. The topological polar surface area (TPSA) is 55.8 Å². The van der Waals surface area contributed by atoms with Gasteiger partial charge in [-0.05, 0) is 11.3 Å². The van der Waals surface area contributed by atoms with Crippen molar-refractivity contribution in [3.63, 3.8) is 0 Å². The summed E-state index contributed by atoms with van der Waals surface area (Å²) in [5.74, 6) is -3.15. The van der Waals surface area contributed by atoms with E-state index in [-0.39, 0.29) is 10.8 Å². The molecule has 1 N–H and O–H groups in total. The Morgan fingerprint density at radius 2 is 1.65 bits per heavy atom. The van der Waals surface area contributed by atoms with E-state index in [2.05, 4.69) is 20.8 Å². The first-order valence-corrected chi connectivity index (χ1v) is 6.15. The Labute approximate surface area is 101 Å². The third kappa shape index (κ3) is 0.709. The van der Waals surface area contributed by atoms with Gasteiger partial charge < -0.3 is 9.84 Å². The van der Waals surface area contributed by atoms with Gasteiger partial charge in [0.1, 0.15) is 0 Å². The molecule has 4 nitrogen and oxygen atoms in total. The highest BCUT2D eigenvalue weighted by atomic mass is 16.8. The van der Waals surface area contributed by atoms with Crippen molar-refractivity contribution in [2.45, 2.75) is 53.1 Å². The van der Waals surface area contributed by atoms with Crippen LogP contribution in [0.3, 0.4) is 0 Å². The molecule has 3 aliphatic rings. The standard InChI is InChI=1S/C13H20O4/c1-7-10(4)9(2,3)13(15)8(14)16-12(6,17-13)11(7,10)5/h7,15H,1-6H3/t7-,10+,11+,12+,13+/m0/s1. The monoisotopic (exact) mass is 240 g/mol. The minimum atomic E-state index is -1.82. The average molecular weight is 240 g/mol. The fourth-order valence-corrected chi connectivity index (χ4v) is 4.65. The van der Waals surface area contributed by atoms with E-state index < -0.39 is 23.0 Å². The van der Waals surface area contributed by atoms with Crippen LogP contribution < -0.4 is 0 Å². The van der Waals surface area contributed by atoms with E-state index in [1.165, 1.54) is 0 Å². The molecule has 1 saturated carbocycles. The van der Waals surface area contributed by atoms with Crippen LogP contribution in [0.2, 0.25) is 0 Å². The molecule has 17 heavy (non-hydrogen) atoms. The van der Waals surface area contributed by atoms with Crippen molar-refractivity contribution in [1.29, 1.82) is 0 Å². The number of aliphatic hydroxyl groups is 1. The van der Waals surface area contributed by atoms with Crippen LogP contribution in [0, 0.1) is 22.2 Å². The molecule has 0 radical (unpaired) electrons. The molecule has 3 fully saturated rings. The summed E-state index contributed by atoms with van der Waals surface area (Å²) in [4.78, 5) is 12.0. The maximum atomic E-state index is 12.0. The normalized spacial score (nSPS) is 63.0. The number of hydrogen-bond acceptors (Lipinski definition) is 4. The molecular formula is C13H20O4. The lowest BCUT2D eigenvalue weighted by molar-refractivity contribution is -0.343. The average Bonchev–Trinajstić information content (AvgIpc) is 2.54. The molecule has 4 heteroatoms. The van der Waals surface area contributed by atoms with Crippen LogP contribution in [0.25, 0.3) is 0 Å². The van der Waals surface area contributed by atoms with Crippen molar-refractivity contribution in [3.05, 3.63) is 0 Å². The van der Waals surface area contributed by atoms with Gasteiger partial charge in [-0.25, -0.2) is 4.79 Å². The highest BCUT2D eigenvalue weighted by molar-refractivity contribution is 5.82. The SMILES string of the molecule is C[C@@H]1[C@@]2(C)[C@]3(C)OC(=O)[C@@](O)(O3)C(C)(C)[C@@]12C. The summed E-state index contributed by atoms with van der Waals surface area (Å²) in [5, 5.41) is 10.6. The number of rotatable bonds is 0. The minimum absolute atomic E-state index is 0.173. The number of hydrogen-bond donors (Lipinski definition) is 1. The van der Waals surface area contributed by atoms with E-state index in [0.29, 0.717) is 5.92 Å². The zero-order valence-electron chi connectivity index (χ0n) is 11.2. The van der Waals surface area contributed by atoms with E-state index in [1.807, 2.05) is 13.8 Å². The molecule has 0 aromatic rings. The summed E-state index contributed by atoms with van der Waals surface area (Å²) in [6.45, 7) is 11.9. The molecule has 2 heterocycles. The van der Waals surface area contributed by atoms with Gasteiger partial charge in [0.25, 0.3) is 5.79 Å². The zero-order valence-corrected chi connectivity index (χ0v) is 11.2. The van der Waals surface area contributed by atoms with Gasteiger partial charge in [-0.2, -0.15) is 0 Å². The van der Waals surface area contributed by atoms with Gasteiger partial charge >= 0.3 is 5.97 Å². The summed E-state index contributed by atoms with van der Waals surface area (Å²) in [6.07, 6.45) is 0. The number of carbonyl (C=O) groups excluding carboxylic acids is 1. The fraction of sp³-hybridized carbons (Fsp3) is 0.923. The molecule has 0 aromatic carbocycles. The van der Waals surface area contributed by atoms with Crippen LogP contribution in [0.1, 0.15) is 41.5 Å². The van der Waals surface area contributed by atoms with Gasteiger partial charge in [0.05, 0.1) is 0 Å². The predicted octanol–water partition coefficient (Wildman–Crippen LogP) is 1.67. The van der Waals surface area contributed by atoms with Crippen LogP contribution in [0.15, 0.2) is 0 Å². The Bertz CT molecular complexity index is 445. The second-order valence-corrected chi connectivity index (χ2v) is 6.83. The van der Waals surface area contributed by atoms with Crippen LogP contribution in [0.5, 0.6) is 0 Å². The lowest BCUT2D eigenvalue weighted by Crippen LogP contribution is -2.60. The molecule has 96 valence electrons. The fourth-order valence-electron chi connectivity index (χ4n) is 4.65. The lowest BCUT2D eigenvalue weighted by Gasteiger charge is -2.49. The van der Waals surface area contributed by atoms with Crippen molar-refractivity contribution < 1.29 is 19.4 Å². The first-order valence-electron chi connectivity index (χ1n) is 6.15. The van der Waals surface area contributed by atoms with Crippen molar-refractivity contribution in [2.24, 2.45) is 22.2 Å². The Morgan fingerprint density at radius 1 is 1.12 bits per heavy atom. The van der Waals surface area contributed by atoms with Crippen molar-refractivity contribution in [3.8, 4) is 0 Å². The van der Waals surface area contributed by atoms with Crippen molar-refractivity contribution in [1.82, 2.24) is 0 Å². The van der Waals surface area contributed by atoms with Gasteiger partial charge in [-0.1, -0.05) is 34.6 Å². The molecule has 2 aliphatic heterocycles. The van der Waals surface area contributed by atoms with Crippen LogP contribution in [-0.2, 0) is 14.3 Å². The van der Waals surface area contributed by atoms with E-state index in [9.17, 15) is 9.90 Å². The van der Waals surface area contributed by atoms with Gasteiger partial charge in [-0.15, -0.1) is 0 Å². The molecule has 0 spiro atoms. The van der Waals surface area contributed by atoms with Gasteiger partial charge in [0, 0.05) is 17.8 Å². The van der Waals surface area contributed by atoms with E-state index >= 15 is 0 Å². The molecule has 0 unspecified atom stereocenters. The van der Waals surface area contributed by atoms with Crippen molar-refractivity contribution in [2.75, 3.05) is 0 Å². The quantitative estimate of drug-likeness (QED) is 0.654. The summed E-state index contributed by atoms with van der Waals surface area (Å²) in [7, 11) is 0.